The molecule has 120 valence electrons. The van der Waals surface area contributed by atoms with Gasteiger partial charge in [-0.3, -0.25) is 4.21 Å². The lowest BCUT2D eigenvalue weighted by Gasteiger charge is -2.12. The minimum Gasteiger partial charge on any atom is -0.768 e. The van der Waals surface area contributed by atoms with Crippen molar-refractivity contribution in [3.8, 4) is 0 Å². The van der Waals surface area contributed by atoms with E-state index in [2.05, 4.69) is 24.5 Å². The third kappa shape index (κ3) is 3.35. The van der Waals surface area contributed by atoms with E-state index in [4.69, 9.17) is 4.98 Å². The van der Waals surface area contributed by atoms with Crippen LogP contribution in [-0.2, 0) is 24.0 Å². The Morgan fingerprint density at radius 1 is 1.13 bits per heavy atom. The van der Waals surface area contributed by atoms with Crippen LogP contribution in [0.3, 0.4) is 0 Å². The number of aromatic nitrogens is 2. The molecule has 0 saturated carbocycles. The average molecular weight is 327 g/mol. The molecule has 0 saturated heterocycles. The van der Waals surface area contributed by atoms with Gasteiger partial charge in [-0.05, 0) is 47.3 Å². The Morgan fingerprint density at radius 3 is 2.48 bits per heavy atom. The van der Waals surface area contributed by atoms with Gasteiger partial charge in [-0.2, -0.15) is 0 Å². The van der Waals surface area contributed by atoms with Crippen molar-refractivity contribution in [1.29, 1.82) is 0 Å². The highest BCUT2D eigenvalue weighted by Crippen LogP contribution is 2.22. The summed E-state index contributed by atoms with van der Waals surface area (Å²) < 4.78 is 24.1. The average Bonchev–Trinajstić information content (AvgIpc) is 2.92. The van der Waals surface area contributed by atoms with Gasteiger partial charge in [0.15, 0.2) is 0 Å². The first-order chi connectivity index (χ1) is 11.1. The highest BCUT2D eigenvalue weighted by atomic mass is 32.2. The molecule has 3 rings (SSSR count). The monoisotopic (exact) mass is 327 g/mol. The first kappa shape index (κ1) is 15.9. The molecule has 1 aromatic heterocycles. The fourth-order valence-corrected chi connectivity index (χ4v) is 3.14. The quantitative estimate of drug-likeness (QED) is 0.672. The predicted octanol–water partition coefficient (Wildman–Crippen LogP) is 3.64. The number of rotatable bonds is 5. The number of hydrogen-bond acceptors (Lipinski definition) is 3. The number of hydrogen-bond donors (Lipinski definition) is 0. The molecule has 0 aliphatic heterocycles. The molecule has 1 unspecified atom stereocenters. The number of para-hydroxylation sites is 2. The van der Waals surface area contributed by atoms with Crippen LogP contribution in [0.2, 0.25) is 0 Å². The second-order valence-corrected chi connectivity index (χ2v) is 6.83. The van der Waals surface area contributed by atoms with Gasteiger partial charge in [0.05, 0.1) is 11.0 Å². The fraction of sp³-hybridized carbons (Fsp3) is 0.278. The summed E-state index contributed by atoms with van der Waals surface area (Å²) in [6.45, 7) is 5.12. The van der Waals surface area contributed by atoms with Gasteiger partial charge in [0.2, 0.25) is 0 Å². The van der Waals surface area contributed by atoms with E-state index >= 15 is 0 Å². The number of imidazole rings is 1. The van der Waals surface area contributed by atoms with Crippen LogP contribution in [0.5, 0.6) is 0 Å². The smallest absolute Gasteiger partial charge is 0.112 e. The van der Waals surface area contributed by atoms with Crippen molar-refractivity contribution < 1.29 is 8.76 Å². The topological polar surface area (TPSA) is 58.0 Å². The molecular weight excluding hydrogens is 308 g/mol. The van der Waals surface area contributed by atoms with E-state index in [1.54, 1.807) is 12.1 Å². The summed E-state index contributed by atoms with van der Waals surface area (Å²) in [5, 5.41) is 0. The van der Waals surface area contributed by atoms with Gasteiger partial charge in [-0.1, -0.05) is 38.1 Å². The number of benzene rings is 2. The van der Waals surface area contributed by atoms with Crippen LogP contribution in [0.1, 0.15) is 31.2 Å². The van der Waals surface area contributed by atoms with Crippen molar-refractivity contribution in [2.75, 3.05) is 0 Å². The predicted molar refractivity (Wildman–Crippen MR) is 91.2 cm³/mol. The molecule has 0 aliphatic carbocycles. The van der Waals surface area contributed by atoms with Crippen molar-refractivity contribution in [3.63, 3.8) is 0 Å². The Morgan fingerprint density at radius 2 is 1.83 bits per heavy atom. The van der Waals surface area contributed by atoms with E-state index in [9.17, 15) is 8.76 Å². The van der Waals surface area contributed by atoms with E-state index in [0.717, 1.165) is 35.4 Å². The summed E-state index contributed by atoms with van der Waals surface area (Å²) in [6.07, 6.45) is 0.839. The third-order valence-corrected chi connectivity index (χ3v) is 4.60. The zero-order valence-electron chi connectivity index (χ0n) is 13.2. The fourth-order valence-electron chi connectivity index (χ4n) is 2.78. The third-order valence-electron chi connectivity index (χ3n) is 3.94. The van der Waals surface area contributed by atoms with Gasteiger partial charge >= 0.3 is 0 Å². The molecule has 3 aromatic rings. The molecule has 0 aliphatic rings. The van der Waals surface area contributed by atoms with E-state index in [0.29, 0.717) is 10.8 Å². The van der Waals surface area contributed by atoms with Crippen molar-refractivity contribution in [2.24, 2.45) is 0 Å². The summed E-state index contributed by atoms with van der Waals surface area (Å²) in [4.78, 5) is 5.07. The normalized spacial score (nSPS) is 12.9. The molecule has 0 fully saturated rings. The molecule has 0 radical (unpaired) electrons. The Labute approximate surface area is 138 Å². The van der Waals surface area contributed by atoms with Crippen LogP contribution in [0.15, 0.2) is 53.4 Å². The molecule has 1 heterocycles. The van der Waals surface area contributed by atoms with Crippen LogP contribution < -0.4 is 0 Å². The maximum absolute atomic E-state index is 10.9. The first-order valence-electron chi connectivity index (χ1n) is 7.69. The lowest BCUT2D eigenvalue weighted by atomic mass is 10.1. The first-order valence-corrected chi connectivity index (χ1v) is 8.77. The van der Waals surface area contributed by atoms with Gasteiger partial charge in [0, 0.05) is 17.4 Å². The maximum atomic E-state index is 10.9. The Bertz CT molecular complexity index is 838. The van der Waals surface area contributed by atoms with E-state index in [-0.39, 0.29) is 0 Å². The number of fused-ring (bicyclic) bond motifs is 1. The molecule has 5 heteroatoms. The molecule has 4 nitrogen and oxygen atoms in total. The van der Waals surface area contributed by atoms with Crippen molar-refractivity contribution in [2.45, 2.75) is 37.6 Å². The summed E-state index contributed by atoms with van der Waals surface area (Å²) in [5.74, 6) is 1.44. The van der Waals surface area contributed by atoms with Crippen molar-refractivity contribution in [3.05, 3.63) is 59.9 Å². The van der Waals surface area contributed by atoms with Gasteiger partial charge in [-0.15, -0.1) is 0 Å². The molecule has 0 amide bonds. The summed E-state index contributed by atoms with van der Waals surface area (Å²) in [5.41, 5.74) is 3.29. The van der Waals surface area contributed by atoms with Crippen molar-refractivity contribution >= 4 is 22.1 Å². The molecule has 2 aromatic carbocycles. The Kier molecular flexibility index (Phi) is 4.59. The van der Waals surface area contributed by atoms with Crippen LogP contribution in [0.25, 0.3) is 11.0 Å². The lowest BCUT2D eigenvalue weighted by molar-refractivity contribution is 0.537. The maximum Gasteiger partial charge on any atom is 0.112 e. The zero-order valence-corrected chi connectivity index (χ0v) is 14.0. The highest BCUT2D eigenvalue weighted by molar-refractivity contribution is 7.79. The number of aryl methyl sites for hydroxylation is 2. The number of nitrogens with zero attached hydrogens (tertiary/aromatic N) is 2. The van der Waals surface area contributed by atoms with Gasteiger partial charge in [0.25, 0.3) is 0 Å². The Balaban J connectivity index is 1.86. The van der Waals surface area contributed by atoms with E-state index in [1.807, 2.05) is 30.3 Å². The molecular formula is C18H19N2O2S-. The zero-order chi connectivity index (χ0) is 16.4. The van der Waals surface area contributed by atoms with Crippen LogP contribution in [0, 0.1) is 0 Å². The molecule has 1 atom stereocenters. The minimum atomic E-state index is -2.16. The lowest BCUT2D eigenvalue weighted by Crippen LogP contribution is -2.07. The van der Waals surface area contributed by atoms with Gasteiger partial charge < -0.3 is 9.12 Å². The Hall–Kier alpha value is -1.98. The molecule has 0 spiro atoms. The van der Waals surface area contributed by atoms with E-state index < -0.39 is 11.1 Å². The highest BCUT2D eigenvalue weighted by Gasteiger charge is 2.13. The standard InChI is InChI=1S/C18H20N2O2S/c1-13(2)18-19-16-5-3-4-6-17(16)20(18)12-11-14-7-9-15(10-8-14)23(21)22/h3-10,13H,11-12H2,1-2H3,(H,21,22)/p-1. The molecule has 0 bridgehead atoms. The SMILES string of the molecule is CC(C)c1nc2ccccc2n1CCc1ccc(S(=O)[O-])cc1. The molecule has 0 N–H and O–H groups in total. The van der Waals surface area contributed by atoms with Crippen LogP contribution in [-0.4, -0.2) is 18.3 Å². The minimum absolute atomic E-state index is 0.324. The van der Waals surface area contributed by atoms with Gasteiger partial charge in [-0.25, -0.2) is 4.98 Å². The summed E-state index contributed by atoms with van der Waals surface area (Å²) in [6, 6.07) is 15.2. The van der Waals surface area contributed by atoms with E-state index in [1.165, 1.54) is 0 Å². The van der Waals surface area contributed by atoms with Gasteiger partial charge in [0.1, 0.15) is 5.82 Å². The summed E-state index contributed by atoms with van der Waals surface area (Å²) in [7, 11) is 0. The second-order valence-electron chi connectivity index (χ2n) is 5.89. The second kappa shape index (κ2) is 6.64. The van der Waals surface area contributed by atoms with Crippen LogP contribution in [0.4, 0.5) is 0 Å². The largest absolute Gasteiger partial charge is 0.768 e. The molecule has 23 heavy (non-hydrogen) atoms. The summed E-state index contributed by atoms with van der Waals surface area (Å²) >= 11 is -2.16. The van der Waals surface area contributed by atoms with Crippen molar-refractivity contribution in [1.82, 2.24) is 9.55 Å². The van der Waals surface area contributed by atoms with Crippen LogP contribution >= 0.6 is 0 Å².